The van der Waals surface area contributed by atoms with Gasteiger partial charge in [-0.25, -0.2) is 0 Å². The molecule has 0 N–H and O–H groups in total. The van der Waals surface area contributed by atoms with Gasteiger partial charge in [0.25, 0.3) is 0 Å². The van der Waals surface area contributed by atoms with Crippen LogP contribution in [-0.2, 0) is 13.4 Å². The number of hydrogen-bond acceptors (Lipinski definition) is 3. The van der Waals surface area contributed by atoms with Gasteiger partial charge in [-0.15, -0.1) is 0 Å². The Balaban J connectivity index is 2.00. The van der Waals surface area contributed by atoms with Crippen LogP contribution in [0.25, 0.3) is 0 Å². The fourth-order valence-electron chi connectivity index (χ4n) is 4.16. The summed E-state index contributed by atoms with van der Waals surface area (Å²) in [4.78, 5) is 0. The summed E-state index contributed by atoms with van der Waals surface area (Å²) >= 11 is 0. The van der Waals surface area contributed by atoms with E-state index in [0.29, 0.717) is 12.6 Å². The highest BCUT2D eigenvalue weighted by Gasteiger charge is 2.36. The Hall–Kier alpha value is -1.76. The van der Waals surface area contributed by atoms with Gasteiger partial charge in [0, 0.05) is 16.8 Å². The zero-order valence-electron chi connectivity index (χ0n) is 21.4. The summed E-state index contributed by atoms with van der Waals surface area (Å²) in [5, 5.41) is 1.80. The topological polar surface area (TPSA) is 35.5 Å². The molecule has 34 heavy (non-hydrogen) atoms. The average molecular weight is 511 g/mol. The van der Waals surface area contributed by atoms with Crippen LogP contribution in [0.2, 0.25) is 39.3 Å². The lowest BCUT2D eigenvalue weighted by molar-refractivity contribution is 0.0411. The van der Waals surface area contributed by atoms with Crippen molar-refractivity contribution in [2.24, 2.45) is 0 Å². The predicted octanol–water partition coefficient (Wildman–Crippen LogP) is 7.20. The van der Waals surface area contributed by atoms with Crippen molar-refractivity contribution in [3.05, 3.63) is 96.6 Å². The van der Waals surface area contributed by atoms with Crippen LogP contribution in [0.1, 0.15) is 18.1 Å². The molecule has 6 heteroatoms. The summed E-state index contributed by atoms with van der Waals surface area (Å²) in [5.41, 5.74) is 1.13. The molecule has 3 nitrogen and oxygen atoms in total. The molecule has 0 fully saturated rings. The average Bonchev–Trinajstić information content (AvgIpc) is 2.80. The van der Waals surface area contributed by atoms with E-state index in [1.54, 1.807) is 0 Å². The molecular formula is C28H39O3PSi2. The highest BCUT2D eigenvalue weighted by atomic mass is 31.2. The second-order valence-corrected chi connectivity index (χ2v) is 22.6. The summed E-state index contributed by atoms with van der Waals surface area (Å²) < 4.78 is 28.2. The molecule has 0 amide bonds. The van der Waals surface area contributed by atoms with Crippen molar-refractivity contribution in [3.63, 3.8) is 0 Å². The highest BCUT2D eigenvalue weighted by molar-refractivity contribution is 7.78. The first-order chi connectivity index (χ1) is 16.0. The molecule has 0 saturated carbocycles. The van der Waals surface area contributed by atoms with E-state index in [2.05, 4.69) is 63.5 Å². The third-order valence-electron chi connectivity index (χ3n) is 5.53. The van der Waals surface area contributed by atoms with Gasteiger partial charge in [0.15, 0.2) is 16.6 Å². The van der Waals surface area contributed by atoms with Crippen molar-refractivity contribution in [2.75, 3.05) is 6.16 Å². The van der Waals surface area contributed by atoms with Crippen molar-refractivity contribution in [3.8, 4) is 0 Å². The Kier molecular flexibility index (Phi) is 8.94. The molecule has 3 rings (SSSR count). The standard InChI is InChI=1S/C28H39O3PSi2/c1-33(2,3)30-27(28(31-34(4,5)6)24-16-10-7-11-17-24)22-23-32(29,25-18-12-8-13-19-25)26-20-14-9-15-21-26/h7-21,27-28H,22-23H2,1-6H3/t27-,28-/m0/s1. The smallest absolute Gasteiger partial charge is 0.184 e. The molecule has 0 aromatic heterocycles. The molecule has 182 valence electrons. The number of rotatable bonds is 11. The molecule has 2 atom stereocenters. The SMILES string of the molecule is C[Si](C)(C)O[C@@H](CCP(=O)(c1ccccc1)c1ccccc1)[C@@H](O[Si](C)(C)C)c1ccccc1. The van der Waals surface area contributed by atoms with E-state index >= 15 is 0 Å². The maximum atomic E-state index is 14.7. The van der Waals surface area contributed by atoms with E-state index in [1.807, 2.05) is 66.7 Å². The van der Waals surface area contributed by atoms with Crippen LogP contribution in [0.15, 0.2) is 91.0 Å². The van der Waals surface area contributed by atoms with Crippen LogP contribution >= 0.6 is 7.14 Å². The van der Waals surface area contributed by atoms with Crippen LogP contribution in [0.4, 0.5) is 0 Å². The van der Waals surface area contributed by atoms with Crippen LogP contribution in [0, 0.1) is 0 Å². The van der Waals surface area contributed by atoms with Crippen molar-refractivity contribution >= 4 is 34.4 Å². The lowest BCUT2D eigenvalue weighted by Crippen LogP contribution is -2.41. The van der Waals surface area contributed by atoms with Crippen LogP contribution < -0.4 is 10.6 Å². The zero-order valence-corrected chi connectivity index (χ0v) is 24.3. The Bertz CT molecular complexity index is 1020. The minimum Gasteiger partial charge on any atom is -0.412 e. The minimum absolute atomic E-state index is 0.165. The first kappa shape index (κ1) is 26.8. The molecule has 0 aliphatic heterocycles. The van der Waals surface area contributed by atoms with Gasteiger partial charge < -0.3 is 13.4 Å². The van der Waals surface area contributed by atoms with Gasteiger partial charge in [-0.2, -0.15) is 0 Å². The van der Waals surface area contributed by atoms with Crippen LogP contribution in [-0.4, -0.2) is 28.9 Å². The maximum absolute atomic E-state index is 14.7. The Labute approximate surface area is 208 Å². The lowest BCUT2D eigenvalue weighted by Gasteiger charge is -2.37. The Morgan fingerprint density at radius 3 is 1.47 bits per heavy atom. The van der Waals surface area contributed by atoms with Crippen LogP contribution in [0.5, 0.6) is 0 Å². The fraction of sp³-hybridized carbons (Fsp3) is 0.357. The Morgan fingerprint density at radius 2 is 1.06 bits per heavy atom. The normalized spacial score (nSPS) is 14.5. The summed E-state index contributed by atoms with van der Waals surface area (Å²) in [6.07, 6.45) is 0.852. The summed E-state index contributed by atoms with van der Waals surface area (Å²) in [6, 6.07) is 30.2. The Morgan fingerprint density at radius 1 is 0.647 bits per heavy atom. The van der Waals surface area contributed by atoms with Gasteiger partial charge in [-0.05, 0) is 51.3 Å². The molecule has 0 radical (unpaired) electrons. The quantitative estimate of drug-likeness (QED) is 0.202. The number of hydrogen-bond donors (Lipinski definition) is 0. The lowest BCUT2D eigenvalue weighted by atomic mass is 10.0. The minimum atomic E-state index is -2.83. The number of benzene rings is 3. The molecule has 0 saturated heterocycles. The third kappa shape index (κ3) is 7.62. The molecule has 3 aromatic carbocycles. The molecule has 0 heterocycles. The van der Waals surface area contributed by atoms with E-state index in [1.165, 1.54) is 0 Å². The molecule has 3 aromatic rings. The van der Waals surface area contributed by atoms with E-state index in [4.69, 9.17) is 8.85 Å². The monoisotopic (exact) mass is 510 g/mol. The van der Waals surface area contributed by atoms with Crippen molar-refractivity contribution in [1.82, 2.24) is 0 Å². The van der Waals surface area contributed by atoms with Crippen molar-refractivity contribution < 1.29 is 13.4 Å². The van der Waals surface area contributed by atoms with Gasteiger partial charge in [-0.1, -0.05) is 91.0 Å². The van der Waals surface area contributed by atoms with Gasteiger partial charge in [-0.3, -0.25) is 0 Å². The molecule has 0 unspecified atom stereocenters. The van der Waals surface area contributed by atoms with E-state index < -0.39 is 23.8 Å². The zero-order chi connectivity index (χ0) is 24.8. The second-order valence-electron chi connectivity index (χ2n) is 10.8. The summed E-state index contributed by atoms with van der Waals surface area (Å²) in [5.74, 6) is 0. The van der Waals surface area contributed by atoms with Crippen molar-refractivity contribution in [1.29, 1.82) is 0 Å². The summed E-state index contributed by atoms with van der Waals surface area (Å²) in [7, 11) is -6.61. The van der Waals surface area contributed by atoms with E-state index in [9.17, 15) is 4.57 Å². The fourth-order valence-corrected chi connectivity index (χ4v) is 9.10. The van der Waals surface area contributed by atoms with Gasteiger partial charge in [0.2, 0.25) is 0 Å². The maximum Gasteiger partial charge on any atom is 0.184 e. The van der Waals surface area contributed by atoms with E-state index in [-0.39, 0.29) is 12.2 Å². The van der Waals surface area contributed by atoms with Gasteiger partial charge in [0.1, 0.15) is 7.14 Å². The third-order valence-corrected chi connectivity index (χ3v) is 10.6. The predicted molar refractivity (Wildman–Crippen MR) is 151 cm³/mol. The molecule has 0 bridgehead atoms. The van der Waals surface area contributed by atoms with Gasteiger partial charge in [0.05, 0.1) is 12.2 Å². The highest BCUT2D eigenvalue weighted by Crippen LogP contribution is 2.45. The first-order valence-corrected chi connectivity index (χ1v) is 20.8. The van der Waals surface area contributed by atoms with E-state index in [0.717, 1.165) is 16.2 Å². The van der Waals surface area contributed by atoms with Crippen LogP contribution in [0.3, 0.4) is 0 Å². The largest absolute Gasteiger partial charge is 0.412 e. The molecule has 0 aliphatic rings. The first-order valence-electron chi connectivity index (χ1n) is 12.1. The molecule has 0 aliphatic carbocycles. The molecule has 0 spiro atoms. The summed E-state index contributed by atoms with van der Waals surface area (Å²) in [6.45, 7) is 13.3. The van der Waals surface area contributed by atoms with Gasteiger partial charge >= 0.3 is 0 Å². The second kappa shape index (κ2) is 11.3. The molecular weight excluding hydrogens is 471 g/mol. The van der Waals surface area contributed by atoms with Crippen molar-refractivity contribution in [2.45, 2.75) is 57.9 Å².